The Morgan fingerprint density at radius 1 is 1.03 bits per heavy atom. The number of nitrogens with one attached hydrogen (secondary N) is 1. The van der Waals surface area contributed by atoms with Crippen LogP contribution in [-0.2, 0) is 17.5 Å². The summed E-state index contributed by atoms with van der Waals surface area (Å²) in [6.45, 7) is 4.06. The van der Waals surface area contributed by atoms with E-state index in [1.165, 1.54) is 30.5 Å². The molecule has 4 rings (SSSR count). The van der Waals surface area contributed by atoms with Gasteiger partial charge in [-0.15, -0.1) is 0 Å². The minimum Gasteiger partial charge on any atom is -0.483 e. The molecule has 0 amide bonds. The third-order valence-electron chi connectivity index (χ3n) is 6.08. The molecular weight excluding hydrogens is 405 g/mol. The predicted molar refractivity (Wildman–Crippen MR) is 114 cm³/mol. The van der Waals surface area contributed by atoms with Crippen molar-refractivity contribution in [2.45, 2.75) is 43.9 Å². The Labute approximate surface area is 181 Å². The standard InChI is InChI=1S/C23H27F3N2.CH2O2/c24-23(25,26)20-8-6-19(7-9-20)21-14-22(21)27-15-17-10-12-28(13-11-17)16-18-4-2-1-3-5-18;2-1-3/h1-9,17,21-22,27H,10-16H2;1H,(H,2,3)/t21-,22+;/m0./s1. The lowest BCUT2D eigenvalue weighted by Gasteiger charge is -2.32. The van der Waals surface area contributed by atoms with E-state index in [0.29, 0.717) is 17.9 Å². The Balaban J connectivity index is 0.000000858. The molecule has 1 heterocycles. The Morgan fingerprint density at radius 2 is 1.65 bits per heavy atom. The van der Waals surface area contributed by atoms with Gasteiger partial charge in [-0.25, -0.2) is 0 Å². The lowest BCUT2D eigenvalue weighted by molar-refractivity contribution is -0.137. The van der Waals surface area contributed by atoms with Crippen LogP contribution in [0.3, 0.4) is 0 Å². The highest BCUT2D eigenvalue weighted by Gasteiger charge is 2.39. The summed E-state index contributed by atoms with van der Waals surface area (Å²) in [6.07, 6.45) is -0.817. The second-order valence-corrected chi connectivity index (χ2v) is 8.29. The lowest BCUT2D eigenvalue weighted by atomic mass is 9.96. The topological polar surface area (TPSA) is 52.6 Å². The van der Waals surface area contributed by atoms with Gasteiger partial charge in [0.25, 0.3) is 6.47 Å². The third kappa shape index (κ3) is 7.08. The van der Waals surface area contributed by atoms with Crippen molar-refractivity contribution in [3.63, 3.8) is 0 Å². The maximum absolute atomic E-state index is 12.7. The van der Waals surface area contributed by atoms with Gasteiger partial charge < -0.3 is 10.4 Å². The summed E-state index contributed by atoms with van der Waals surface area (Å²) >= 11 is 0. The molecule has 7 heteroatoms. The molecule has 0 aromatic heterocycles. The lowest BCUT2D eigenvalue weighted by Crippen LogP contribution is -2.37. The number of benzene rings is 2. The molecule has 2 aliphatic rings. The van der Waals surface area contributed by atoms with Crippen LogP contribution in [0.1, 0.15) is 41.9 Å². The highest BCUT2D eigenvalue weighted by atomic mass is 19.4. The number of hydrogen-bond donors (Lipinski definition) is 2. The summed E-state index contributed by atoms with van der Waals surface area (Å²) in [5.74, 6) is 1.06. The molecule has 2 aromatic carbocycles. The Bertz CT molecular complexity index is 804. The van der Waals surface area contributed by atoms with E-state index in [-0.39, 0.29) is 6.47 Å². The van der Waals surface area contributed by atoms with Crippen molar-refractivity contribution in [3.05, 3.63) is 71.3 Å². The van der Waals surface area contributed by atoms with Crippen molar-refractivity contribution < 1.29 is 23.1 Å². The molecule has 2 aromatic rings. The quantitative estimate of drug-likeness (QED) is 0.644. The van der Waals surface area contributed by atoms with E-state index in [0.717, 1.165) is 38.2 Å². The summed E-state index contributed by atoms with van der Waals surface area (Å²) in [5.41, 5.74) is 1.82. The zero-order valence-corrected chi connectivity index (χ0v) is 17.4. The summed E-state index contributed by atoms with van der Waals surface area (Å²) in [7, 11) is 0. The fourth-order valence-electron chi connectivity index (χ4n) is 4.22. The van der Waals surface area contributed by atoms with E-state index in [1.54, 1.807) is 12.1 Å². The molecule has 0 unspecified atom stereocenters. The number of carbonyl (C=O) groups is 1. The van der Waals surface area contributed by atoms with Crippen LogP contribution >= 0.6 is 0 Å². The van der Waals surface area contributed by atoms with Gasteiger partial charge in [-0.2, -0.15) is 13.2 Å². The average molecular weight is 435 g/mol. The SMILES string of the molecule is FC(F)(F)c1ccc([C@@H]2C[C@H]2NCC2CCN(Cc3ccccc3)CC2)cc1.O=CO. The maximum Gasteiger partial charge on any atom is 0.416 e. The fourth-order valence-corrected chi connectivity index (χ4v) is 4.22. The number of halogens is 3. The van der Waals surface area contributed by atoms with E-state index >= 15 is 0 Å². The van der Waals surface area contributed by atoms with Crippen LogP contribution in [-0.4, -0.2) is 42.2 Å². The molecule has 1 saturated heterocycles. The molecule has 1 saturated carbocycles. The van der Waals surface area contributed by atoms with Crippen molar-refractivity contribution in [3.8, 4) is 0 Å². The summed E-state index contributed by atoms with van der Waals surface area (Å²) in [4.78, 5) is 10.9. The first-order chi connectivity index (χ1) is 14.9. The van der Waals surface area contributed by atoms with Crippen molar-refractivity contribution in [1.29, 1.82) is 0 Å². The van der Waals surface area contributed by atoms with E-state index in [2.05, 4.69) is 40.5 Å². The van der Waals surface area contributed by atoms with E-state index < -0.39 is 11.7 Å². The molecule has 2 N–H and O–H groups in total. The number of carboxylic acid groups (broad SMARTS) is 1. The molecular formula is C24H29F3N2O2. The highest BCUT2D eigenvalue weighted by molar-refractivity contribution is 5.33. The van der Waals surface area contributed by atoms with Gasteiger partial charge in [-0.05, 0) is 68.1 Å². The maximum atomic E-state index is 12.7. The van der Waals surface area contributed by atoms with Crippen LogP contribution < -0.4 is 5.32 Å². The van der Waals surface area contributed by atoms with Crippen molar-refractivity contribution >= 4 is 6.47 Å². The smallest absolute Gasteiger partial charge is 0.416 e. The number of alkyl halides is 3. The van der Waals surface area contributed by atoms with Gasteiger partial charge in [-0.3, -0.25) is 9.69 Å². The minimum atomic E-state index is -4.25. The molecule has 0 spiro atoms. The molecule has 168 valence electrons. The molecule has 0 bridgehead atoms. The summed E-state index contributed by atoms with van der Waals surface area (Å²) < 4.78 is 38.0. The zero-order valence-electron chi connectivity index (χ0n) is 17.4. The van der Waals surface area contributed by atoms with Gasteiger partial charge in [0.2, 0.25) is 0 Å². The molecule has 2 atom stereocenters. The van der Waals surface area contributed by atoms with Gasteiger partial charge in [0.1, 0.15) is 0 Å². The summed E-state index contributed by atoms with van der Waals surface area (Å²) in [6, 6.07) is 16.7. The van der Waals surface area contributed by atoms with Crippen LogP contribution in [0.25, 0.3) is 0 Å². The zero-order chi connectivity index (χ0) is 22.3. The Hall–Kier alpha value is -2.38. The summed E-state index contributed by atoms with van der Waals surface area (Å²) in [5, 5.41) is 10.5. The van der Waals surface area contributed by atoms with E-state index in [9.17, 15) is 13.2 Å². The van der Waals surface area contributed by atoms with Crippen LogP contribution in [0.2, 0.25) is 0 Å². The Morgan fingerprint density at radius 3 is 2.23 bits per heavy atom. The molecule has 2 fully saturated rings. The van der Waals surface area contributed by atoms with Crippen LogP contribution in [0, 0.1) is 5.92 Å². The largest absolute Gasteiger partial charge is 0.483 e. The first-order valence-electron chi connectivity index (χ1n) is 10.7. The van der Waals surface area contributed by atoms with Crippen molar-refractivity contribution in [1.82, 2.24) is 10.2 Å². The first-order valence-corrected chi connectivity index (χ1v) is 10.7. The average Bonchev–Trinajstić information content (AvgIpc) is 3.54. The molecule has 1 aliphatic carbocycles. The highest BCUT2D eigenvalue weighted by Crippen LogP contribution is 2.42. The van der Waals surface area contributed by atoms with Crippen LogP contribution in [0.5, 0.6) is 0 Å². The van der Waals surface area contributed by atoms with Gasteiger partial charge in [0.05, 0.1) is 5.56 Å². The van der Waals surface area contributed by atoms with Gasteiger partial charge in [-0.1, -0.05) is 42.5 Å². The minimum absolute atomic E-state index is 0.250. The number of nitrogens with zero attached hydrogens (tertiary/aromatic N) is 1. The monoisotopic (exact) mass is 434 g/mol. The van der Waals surface area contributed by atoms with Crippen LogP contribution in [0.4, 0.5) is 13.2 Å². The molecule has 4 nitrogen and oxygen atoms in total. The number of piperidine rings is 1. The van der Waals surface area contributed by atoms with Crippen LogP contribution in [0.15, 0.2) is 54.6 Å². The Kier molecular flexibility index (Phi) is 8.09. The molecule has 0 radical (unpaired) electrons. The third-order valence-corrected chi connectivity index (χ3v) is 6.08. The van der Waals surface area contributed by atoms with Gasteiger partial charge >= 0.3 is 6.18 Å². The van der Waals surface area contributed by atoms with Crippen molar-refractivity contribution in [2.24, 2.45) is 5.92 Å². The second-order valence-electron chi connectivity index (χ2n) is 8.29. The van der Waals surface area contributed by atoms with E-state index in [1.807, 2.05) is 0 Å². The first kappa shape index (κ1) is 23.3. The van der Waals surface area contributed by atoms with Crippen molar-refractivity contribution in [2.75, 3.05) is 19.6 Å². The van der Waals surface area contributed by atoms with Gasteiger partial charge in [0, 0.05) is 18.5 Å². The number of likely N-dealkylation sites (tertiary alicyclic amines) is 1. The number of rotatable bonds is 6. The van der Waals surface area contributed by atoms with E-state index in [4.69, 9.17) is 9.90 Å². The number of hydrogen-bond acceptors (Lipinski definition) is 3. The predicted octanol–water partition coefficient (Wildman–Crippen LogP) is 4.76. The second kappa shape index (κ2) is 10.8. The fraction of sp³-hybridized carbons (Fsp3) is 0.458. The molecule has 1 aliphatic heterocycles. The van der Waals surface area contributed by atoms with Gasteiger partial charge in [0.15, 0.2) is 0 Å². The molecule has 31 heavy (non-hydrogen) atoms. The normalized spacial score (nSPS) is 21.8.